The Bertz CT molecular complexity index is 1300. The molecule has 3 aromatic rings. The molecule has 10 nitrogen and oxygen atoms in total. The summed E-state index contributed by atoms with van der Waals surface area (Å²) in [4.78, 5) is 35.5. The van der Waals surface area contributed by atoms with E-state index < -0.39 is 0 Å². The van der Waals surface area contributed by atoms with Crippen molar-refractivity contribution in [3.63, 3.8) is 0 Å². The largest absolute Gasteiger partial charge is 0.478 e. The van der Waals surface area contributed by atoms with Gasteiger partial charge < -0.3 is 30.2 Å². The van der Waals surface area contributed by atoms with Gasteiger partial charge in [-0.3, -0.25) is 9.59 Å². The first-order valence-electron chi connectivity index (χ1n) is 11.5. The van der Waals surface area contributed by atoms with Crippen molar-refractivity contribution in [3.05, 3.63) is 45.8 Å². The van der Waals surface area contributed by atoms with Crippen LogP contribution in [0, 0.1) is 5.92 Å². The molecule has 1 aliphatic rings. The summed E-state index contributed by atoms with van der Waals surface area (Å²) < 4.78 is 6.94. The number of anilines is 3. The van der Waals surface area contributed by atoms with E-state index in [1.165, 1.54) is 11.6 Å². The van der Waals surface area contributed by atoms with Crippen LogP contribution < -0.4 is 31.1 Å². The van der Waals surface area contributed by atoms with Crippen LogP contribution in [0.25, 0.3) is 10.9 Å². The van der Waals surface area contributed by atoms with Crippen molar-refractivity contribution in [1.82, 2.24) is 25.2 Å². The molecular weight excluding hydrogens is 470 g/mol. The summed E-state index contributed by atoms with van der Waals surface area (Å²) in [7, 11) is 5.15. The second-order valence-corrected chi connectivity index (χ2v) is 9.24. The van der Waals surface area contributed by atoms with Crippen molar-refractivity contribution < 1.29 is 9.53 Å². The van der Waals surface area contributed by atoms with E-state index in [1.54, 1.807) is 19.3 Å². The zero-order chi connectivity index (χ0) is 25.1. The van der Waals surface area contributed by atoms with E-state index in [0.29, 0.717) is 28.7 Å². The molecule has 11 heteroatoms. The lowest BCUT2D eigenvalue weighted by atomic mass is 9.96. The molecule has 3 heterocycles. The second-order valence-electron chi connectivity index (χ2n) is 8.83. The minimum Gasteiger partial charge on any atom is -0.478 e. The smallest absolute Gasteiger partial charge is 0.293 e. The highest BCUT2D eigenvalue weighted by atomic mass is 35.5. The first-order valence-corrected chi connectivity index (χ1v) is 11.9. The van der Waals surface area contributed by atoms with Gasteiger partial charge in [0.1, 0.15) is 5.02 Å². The number of likely N-dealkylation sites (N-methyl/N-ethyl adjacent to an activating group) is 2. The Morgan fingerprint density at radius 1 is 1.26 bits per heavy atom. The fraction of sp³-hybridized carbons (Fsp3) is 0.417. The van der Waals surface area contributed by atoms with Gasteiger partial charge in [-0.2, -0.15) is 4.98 Å². The molecule has 1 fully saturated rings. The quantitative estimate of drug-likeness (QED) is 0.454. The van der Waals surface area contributed by atoms with Crippen molar-refractivity contribution in [1.29, 1.82) is 0 Å². The molecule has 4 rings (SSSR count). The first-order chi connectivity index (χ1) is 16.8. The fourth-order valence-electron chi connectivity index (χ4n) is 4.31. The van der Waals surface area contributed by atoms with E-state index in [9.17, 15) is 9.59 Å². The highest BCUT2D eigenvalue weighted by Crippen LogP contribution is 2.29. The van der Waals surface area contributed by atoms with Gasteiger partial charge in [0, 0.05) is 44.3 Å². The Morgan fingerprint density at radius 2 is 2.06 bits per heavy atom. The zero-order valence-electron chi connectivity index (χ0n) is 20.3. The van der Waals surface area contributed by atoms with E-state index in [0.717, 1.165) is 36.1 Å². The number of ether oxygens (including phenoxy) is 1. The van der Waals surface area contributed by atoms with Crippen LogP contribution in [-0.4, -0.2) is 60.3 Å². The molecule has 0 spiro atoms. The van der Waals surface area contributed by atoms with Crippen molar-refractivity contribution in [2.24, 2.45) is 13.0 Å². The van der Waals surface area contributed by atoms with Crippen LogP contribution in [0.4, 0.5) is 17.5 Å². The molecular formula is C24H30ClN7O3. The summed E-state index contributed by atoms with van der Waals surface area (Å²) in [6, 6.07) is 7.57. The van der Waals surface area contributed by atoms with Gasteiger partial charge in [-0.15, -0.1) is 0 Å². The Hall–Kier alpha value is -3.37. The lowest BCUT2D eigenvalue weighted by molar-refractivity contribution is -0.122. The number of pyridine rings is 1. The number of rotatable bonds is 7. The standard InChI is InChI=1S/C24H30ClN7O3/c1-14-7-17(26-2)12-32(11-14)24-28-10-18(25)22(30-24)29-16-5-6-19-15(8-16)9-20(23(34)31(19)4)35-13-21(33)27-3/h5-6,8-10,14,17,26H,7,11-13H2,1-4H3,(H,27,33)(H,28,29,30)/t14-,17-/m1/s1. The number of nitrogens with one attached hydrogen (secondary N) is 3. The topological polar surface area (TPSA) is 113 Å². The monoisotopic (exact) mass is 499 g/mol. The van der Waals surface area contributed by atoms with E-state index in [4.69, 9.17) is 21.3 Å². The summed E-state index contributed by atoms with van der Waals surface area (Å²) in [5, 5.41) is 10.3. The highest BCUT2D eigenvalue weighted by Gasteiger charge is 2.26. The number of hydrogen-bond acceptors (Lipinski definition) is 8. The SMILES string of the molecule is CNC(=O)COc1cc2cc(Nc3nc(N4C[C@H](C)C[C@@H](NC)C4)ncc3Cl)ccc2n(C)c1=O. The van der Waals surface area contributed by atoms with E-state index in [1.807, 2.05) is 25.2 Å². The maximum Gasteiger partial charge on any atom is 0.293 e. The first kappa shape index (κ1) is 24.7. The molecule has 186 valence electrons. The average Bonchev–Trinajstić information content (AvgIpc) is 2.85. The molecule has 0 unspecified atom stereocenters. The maximum atomic E-state index is 12.6. The van der Waals surface area contributed by atoms with Crippen molar-refractivity contribution in [2.75, 3.05) is 44.0 Å². The van der Waals surface area contributed by atoms with E-state index in [2.05, 4.69) is 32.8 Å². The van der Waals surface area contributed by atoms with Crippen LogP contribution in [0.2, 0.25) is 5.02 Å². The van der Waals surface area contributed by atoms with Gasteiger partial charge in [0.05, 0.1) is 11.7 Å². The van der Waals surface area contributed by atoms with E-state index >= 15 is 0 Å². The number of amides is 1. The summed E-state index contributed by atoms with van der Waals surface area (Å²) in [6.07, 6.45) is 2.72. The number of carbonyl (C=O) groups excluding carboxylic acids is 1. The molecule has 1 amide bonds. The highest BCUT2D eigenvalue weighted by molar-refractivity contribution is 6.32. The minimum atomic E-state index is -0.319. The second kappa shape index (κ2) is 10.5. The Labute approximate surface area is 208 Å². The summed E-state index contributed by atoms with van der Waals surface area (Å²) in [5.41, 5.74) is 1.14. The lowest BCUT2D eigenvalue weighted by Crippen LogP contribution is -2.48. The molecule has 0 bridgehead atoms. The average molecular weight is 500 g/mol. The summed E-state index contributed by atoms with van der Waals surface area (Å²) in [6.45, 7) is 3.69. The molecule has 1 saturated heterocycles. The van der Waals surface area contributed by atoms with Crippen LogP contribution in [0.15, 0.2) is 35.3 Å². The predicted molar refractivity (Wildman–Crippen MR) is 138 cm³/mol. The lowest BCUT2D eigenvalue weighted by Gasteiger charge is -2.36. The fourth-order valence-corrected chi connectivity index (χ4v) is 4.45. The van der Waals surface area contributed by atoms with Crippen LogP contribution in [0.3, 0.4) is 0 Å². The molecule has 0 aliphatic carbocycles. The van der Waals surface area contributed by atoms with Crippen LogP contribution in [-0.2, 0) is 11.8 Å². The van der Waals surface area contributed by atoms with Crippen LogP contribution in [0.5, 0.6) is 5.75 Å². The zero-order valence-corrected chi connectivity index (χ0v) is 21.0. The van der Waals surface area contributed by atoms with Gasteiger partial charge in [0.25, 0.3) is 11.5 Å². The molecule has 2 aromatic heterocycles. The van der Waals surface area contributed by atoms with Crippen molar-refractivity contribution >= 4 is 45.9 Å². The Balaban J connectivity index is 1.61. The molecule has 2 atom stereocenters. The Morgan fingerprint density at radius 3 is 2.80 bits per heavy atom. The van der Waals surface area contributed by atoms with E-state index in [-0.39, 0.29) is 23.8 Å². The third-order valence-electron chi connectivity index (χ3n) is 6.17. The number of halogens is 1. The van der Waals surface area contributed by atoms with Crippen LogP contribution >= 0.6 is 11.6 Å². The van der Waals surface area contributed by atoms with Crippen molar-refractivity contribution in [3.8, 4) is 5.75 Å². The molecule has 35 heavy (non-hydrogen) atoms. The molecule has 0 radical (unpaired) electrons. The van der Waals surface area contributed by atoms with Gasteiger partial charge in [0.15, 0.2) is 18.2 Å². The number of piperidine rings is 1. The molecule has 0 saturated carbocycles. The van der Waals surface area contributed by atoms with Gasteiger partial charge in [-0.05, 0) is 43.7 Å². The Kier molecular flexibility index (Phi) is 7.42. The van der Waals surface area contributed by atoms with Crippen LogP contribution in [0.1, 0.15) is 13.3 Å². The third kappa shape index (κ3) is 5.49. The summed E-state index contributed by atoms with van der Waals surface area (Å²) in [5.74, 6) is 1.42. The maximum absolute atomic E-state index is 12.6. The number of aryl methyl sites for hydroxylation is 1. The minimum absolute atomic E-state index is 0.0985. The van der Waals surface area contributed by atoms with Gasteiger partial charge in [0.2, 0.25) is 5.95 Å². The number of aromatic nitrogens is 3. The van der Waals surface area contributed by atoms with Gasteiger partial charge >= 0.3 is 0 Å². The van der Waals surface area contributed by atoms with Gasteiger partial charge in [-0.25, -0.2) is 4.98 Å². The predicted octanol–water partition coefficient (Wildman–Crippen LogP) is 2.28. The number of fused-ring (bicyclic) bond motifs is 1. The van der Waals surface area contributed by atoms with Crippen molar-refractivity contribution in [2.45, 2.75) is 19.4 Å². The number of carbonyl (C=O) groups is 1. The van der Waals surface area contributed by atoms with Gasteiger partial charge in [-0.1, -0.05) is 18.5 Å². The molecule has 3 N–H and O–H groups in total. The number of benzene rings is 1. The molecule has 1 aromatic carbocycles. The summed E-state index contributed by atoms with van der Waals surface area (Å²) >= 11 is 6.42. The number of nitrogens with zero attached hydrogens (tertiary/aromatic N) is 4. The third-order valence-corrected chi connectivity index (χ3v) is 6.45. The normalized spacial score (nSPS) is 17.9. The number of hydrogen-bond donors (Lipinski definition) is 3. The molecule has 1 aliphatic heterocycles.